The zero-order chi connectivity index (χ0) is 15.2. The van der Waals surface area contributed by atoms with E-state index in [0.29, 0.717) is 18.1 Å². The van der Waals surface area contributed by atoms with Crippen molar-refractivity contribution in [2.75, 3.05) is 18.9 Å². The Kier molecular flexibility index (Phi) is 5.73. The van der Waals surface area contributed by atoms with Gasteiger partial charge in [0.05, 0.1) is 0 Å². The molecule has 112 valence electrons. The second-order valence-corrected chi connectivity index (χ2v) is 6.33. The summed E-state index contributed by atoms with van der Waals surface area (Å²) >= 11 is 7.47. The molecular weight excluding hydrogens is 306 g/mol. The molecule has 0 aliphatic carbocycles. The summed E-state index contributed by atoms with van der Waals surface area (Å²) in [4.78, 5) is 17.0. The molecule has 2 rings (SSSR count). The van der Waals surface area contributed by atoms with Crippen LogP contribution in [0.5, 0.6) is 0 Å². The number of nitrogens with zero attached hydrogens (tertiary/aromatic N) is 1. The van der Waals surface area contributed by atoms with Crippen molar-refractivity contribution in [1.82, 2.24) is 10.3 Å². The van der Waals surface area contributed by atoms with Crippen molar-refractivity contribution in [2.45, 2.75) is 19.8 Å². The SMILES string of the molecule is CNCCC(=O)Nc1ncc(Cc2ccc(Cl)cc2C)s1. The molecule has 1 aromatic carbocycles. The van der Waals surface area contributed by atoms with E-state index in [-0.39, 0.29) is 5.91 Å². The van der Waals surface area contributed by atoms with E-state index in [0.717, 1.165) is 21.9 Å². The number of nitrogens with one attached hydrogen (secondary N) is 2. The molecule has 0 spiro atoms. The van der Waals surface area contributed by atoms with Crippen LogP contribution in [0.2, 0.25) is 5.02 Å². The first-order valence-corrected chi connectivity index (χ1v) is 7.92. The van der Waals surface area contributed by atoms with Crippen molar-refractivity contribution in [3.63, 3.8) is 0 Å². The summed E-state index contributed by atoms with van der Waals surface area (Å²) in [6.45, 7) is 2.71. The van der Waals surface area contributed by atoms with Crippen LogP contribution in [0.25, 0.3) is 0 Å². The standard InChI is InChI=1S/C15H18ClN3OS/c1-10-7-12(16)4-3-11(10)8-13-9-18-15(21-13)19-14(20)5-6-17-2/h3-4,7,9,17H,5-6,8H2,1-2H3,(H,18,19,20). The third-order valence-electron chi connectivity index (χ3n) is 3.07. The maximum Gasteiger partial charge on any atom is 0.227 e. The number of halogens is 1. The number of carbonyl (C=O) groups excluding carboxylic acids is 1. The van der Waals surface area contributed by atoms with Crippen LogP contribution in [-0.4, -0.2) is 24.5 Å². The zero-order valence-electron chi connectivity index (χ0n) is 12.1. The number of benzene rings is 1. The second kappa shape index (κ2) is 7.54. The van der Waals surface area contributed by atoms with Gasteiger partial charge in [0.2, 0.25) is 5.91 Å². The number of aryl methyl sites for hydroxylation is 1. The summed E-state index contributed by atoms with van der Waals surface area (Å²) in [7, 11) is 1.82. The first-order valence-electron chi connectivity index (χ1n) is 6.72. The van der Waals surface area contributed by atoms with E-state index in [1.807, 2.05) is 38.4 Å². The molecule has 1 heterocycles. The largest absolute Gasteiger partial charge is 0.319 e. The van der Waals surface area contributed by atoms with E-state index in [2.05, 4.69) is 15.6 Å². The Morgan fingerprint density at radius 3 is 2.95 bits per heavy atom. The van der Waals surface area contributed by atoms with Gasteiger partial charge in [0.15, 0.2) is 5.13 Å². The number of carbonyl (C=O) groups is 1. The van der Waals surface area contributed by atoms with Gasteiger partial charge in [-0.3, -0.25) is 4.79 Å². The molecule has 1 amide bonds. The highest BCUT2D eigenvalue weighted by atomic mass is 35.5. The van der Waals surface area contributed by atoms with Gasteiger partial charge in [-0.15, -0.1) is 11.3 Å². The molecule has 0 bridgehead atoms. The van der Waals surface area contributed by atoms with Crippen LogP contribution < -0.4 is 10.6 Å². The first kappa shape index (κ1) is 15.9. The summed E-state index contributed by atoms with van der Waals surface area (Å²) in [5.74, 6) is -0.0204. The number of rotatable bonds is 6. The maximum absolute atomic E-state index is 11.6. The maximum atomic E-state index is 11.6. The van der Waals surface area contributed by atoms with E-state index < -0.39 is 0 Å². The molecule has 0 unspecified atom stereocenters. The van der Waals surface area contributed by atoms with Crippen molar-refractivity contribution < 1.29 is 4.79 Å². The van der Waals surface area contributed by atoms with E-state index in [1.165, 1.54) is 16.9 Å². The molecule has 4 nitrogen and oxygen atoms in total. The normalized spacial score (nSPS) is 10.6. The Labute approximate surface area is 133 Å². The average Bonchev–Trinajstić information content (AvgIpc) is 2.87. The number of thiazole rings is 1. The fraction of sp³-hybridized carbons (Fsp3) is 0.333. The summed E-state index contributed by atoms with van der Waals surface area (Å²) in [5, 5.41) is 7.16. The van der Waals surface area contributed by atoms with Gasteiger partial charge in [-0.05, 0) is 37.2 Å². The third kappa shape index (κ3) is 4.81. The van der Waals surface area contributed by atoms with Crippen molar-refractivity contribution >= 4 is 34.0 Å². The summed E-state index contributed by atoms with van der Waals surface area (Å²) < 4.78 is 0. The Hall–Kier alpha value is -1.43. The number of hydrogen-bond donors (Lipinski definition) is 2. The first-order chi connectivity index (χ1) is 10.1. The van der Waals surface area contributed by atoms with Gasteiger partial charge in [0.25, 0.3) is 0 Å². The van der Waals surface area contributed by atoms with Gasteiger partial charge in [0, 0.05) is 35.5 Å². The molecule has 0 saturated carbocycles. The van der Waals surface area contributed by atoms with Crippen LogP contribution in [0, 0.1) is 6.92 Å². The van der Waals surface area contributed by atoms with Crippen molar-refractivity contribution in [3.8, 4) is 0 Å². The summed E-state index contributed by atoms with van der Waals surface area (Å²) in [6.07, 6.45) is 3.06. The minimum absolute atomic E-state index is 0.0204. The molecule has 2 aromatic rings. The fourth-order valence-electron chi connectivity index (χ4n) is 1.91. The average molecular weight is 324 g/mol. The van der Waals surface area contributed by atoms with E-state index in [4.69, 9.17) is 11.6 Å². The zero-order valence-corrected chi connectivity index (χ0v) is 13.6. The summed E-state index contributed by atoms with van der Waals surface area (Å²) in [5.41, 5.74) is 2.38. The highest BCUT2D eigenvalue weighted by molar-refractivity contribution is 7.15. The topological polar surface area (TPSA) is 54.0 Å². The number of anilines is 1. The molecule has 0 fully saturated rings. The number of aromatic nitrogens is 1. The number of hydrogen-bond acceptors (Lipinski definition) is 4. The molecule has 6 heteroatoms. The molecule has 2 N–H and O–H groups in total. The highest BCUT2D eigenvalue weighted by Gasteiger charge is 2.08. The van der Waals surface area contributed by atoms with Gasteiger partial charge in [0.1, 0.15) is 0 Å². The predicted octanol–water partition coefficient (Wildman–Crippen LogP) is 3.24. The molecule has 0 saturated heterocycles. The minimum atomic E-state index is -0.0204. The van der Waals surface area contributed by atoms with Gasteiger partial charge >= 0.3 is 0 Å². The molecule has 0 radical (unpaired) electrons. The smallest absolute Gasteiger partial charge is 0.227 e. The van der Waals surface area contributed by atoms with Gasteiger partial charge in [-0.2, -0.15) is 0 Å². The lowest BCUT2D eigenvalue weighted by atomic mass is 10.1. The lowest BCUT2D eigenvalue weighted by Crippen LogP contribution is -2.18. The van der Waals surface area contributed by atoms with Crippen LogP contribution in [0.4, 0.5) is 5.13 Å². The molecule has 21 heavy (non-hydrogen) atoms. The lowest BCUT2D eigenvalue weighted by Gasteiger charge is -2.04. The Balaban J connectivity index is 1.98. The predicted molar refractivity (Wildman–Crippen MR) is 88.3 cm³/mol. The minimum Gasteiger partial charge on any atom is -0.319 e. The van der Waals surface area contributed by atoms with Crippen LogP contribution in [0.3, 0.4) is 0 Å². The number of amides is 1. The van der Waals surface area contributed by atoms with Crippen LogP contribution in [0.1, 0.15) is 22.4 Å². The fourth-order valence-corrected chi connectivity index (χ4v) is 2.99. The third-order valence-corrected chi connectivity index (χ3v) is 4.22. The van der Waals surface area contributed by atoms with Crippen LogP contribution in [0.15, 0.2) is 24.4 Å². The Morgan fingerprint density at radius 1 is 1.43 bits per heavy atom. The molecule has 0 aliphatic heterocycles. The van der Waals surface area contributed by atoms with Crippen LogP contribution in [-0.2, 0) is 11.2 Å². The monoisotopic (exact) mass is 323 g/mol. The van der Waals surface area contributed by atoms with E-state index >= 15 is 0 Å². The van der Waals surface area contributed by atoms with Gasteiger partial charge in [-0.25, -0.2) is 4.98 Å². The van der Waals surface area contributed by atoms with Crippen molar-refractivity contribution in [1.29, 1.82) is 0 Å². The van der Waals surface area contributed by atoms with Gasteiger partial charge < -0.3 is 10.6 Å². The Morgan fingerprint density at radius 2 is 2.24 bits per heavy atom. The van der Waals surface area contributed by atoms with Crippen molar-refractivity contribution in [3.05, 3.63) is 45.4 Å². The lowest BCUT2D eigenvalue weighted by molar-refractivity contribution is -0.116. The second-order valence-electron chi connectivity index (χ2n) is 4.78. The Bertz CT molecular complexity index is 627. The molecule has 1 aromatic heterocycles. The molecule has 0 aliphatic rings. The van der Waals surface area contributed by atoms with Crippen LogP contribution >= 0.6 is 22.9 Å². The molecular formula is C15H18ClN3OS. The highest BCUT2D eigenvalue weighted by Crippen LogP contribution is 2.24. The summed E-state index contributed by atoms with van der Waals surface area (Å²) in [6, 6.07) is 5.88. The van der Waals surface area contributed by atoms with Gasteiger partial charge in [-0.1, -0.05) is 17.7 Å². The van der Waals surface area contributed by atoms with E-state index in [1.54, 1.807) is 0 Å². The molecule has 0 atom stereocenters. The quantitative estimate of drug-likeness (QED) is 0.858. The van der Waals surface area contributed by atoms with E-state index in [9.17, 15) is 4.79 Å². The van der Waals surface area contributed by atoms with Crippen molar-refractivity contribution in [2.24, 2.45) is 0 Å².